The Morgan fingerprint density at radius 1 is 1.53 bits per heavy atom. The molecule has 3 nitrogen and oxygen atoms in total. The Balaban J connectivity index is 2.18. The first-order valence-electron chi connectivity index (χ1n) is 5.03. The third-order valence-electron chi connectivity index (χ3n) is 2.30. The van der Waals surface area contributed by atoms with E-state index in [1.54, 1.807) is 28.6 Å². The molecule has 5 heteroatoms. The van der Waals surface area contributed by atoms with Gasteiger partial charge in [-0.1, -0.05) is 6.07 Å². The summed E-state index contributed by atoms with van der Waals surface area (Å²) in [6, 6.07) is 8.08. The maximum Gasteiger partial charge on any atom is 0.102 e. The quantitative estimate of drug-likeness (QED) is 0.857. The normalized spacial score (nSPS) is 9.88. The van der Waals surface area contributed by atoms with Crippen molar-refractivity contribution in [3.05, 3.63) is 40.3 Å². The number of nitrogens with one attached hydrogen (secondary N) is 1. The van der Waals surface area contributed by atoms with Crippen molar-refractivity contribution in [2.24, 2.45) is 0 Å². The Hall–Kier alpha value is -1.51. The Kier molecular flexibility index (Phi) is 4.02. The van der Waals surface area contributed by atoms with Gasteiger partial charge in [-0.2, -0.15) is 5.26 Å². The molecule has 1 heterocycles. The molecule has 0 saturated carbocycles. The van der Waals surface area contributed by atoms with E-state index in [0.717, 1.165) is 16.3 Å². The summed E-state index contributed by atoms with van der Waals surface area (Å²) in [6.45, 7) is 0.649. The molecule has 0 saturated heterocycles. The molecule has 86 valence electrons. The maximum absolute atomic E-state index is 9.17. The number of aromatic nitrogens is 1. The summed E-state index contributed by atoms with van der Waals surface area (Å²) in [5.41, 5.74) is 4.37. The van der Waals surface area contributed by atoms with Crippen LogP contribution < -0.4 is 5.32 Å². The van der Waals surface area contributed by atoms with Gasteiger partial charge in [-0.05, 0) is 18.4 Å². The van der Waals surface area contributed by atoms with Gasteiger partial charge < -0.3 is 5.32 Å². The summed E-state index contributed by atoms with van der Waals surface area (Å²) in [6.07, 6.45) is 1.97. The minimum Gasteiger partial charge on any atom is -0.378 e. The summed E-state index contributed by atoms with van der Waals surface area (Å²) >= 11 is 3.15. The number of hydrogen-bond acceptors (Lipinski definition) is 5. The Bertz CT molecular complexity index is 529. The number of nitrogens with zero attached hydrogens (tertiary/aromatic N) is 2. The van der Waals surface area contributed by atoms with E-state index < -0.39 is 0 Å². The zero-order chi connectivity index (χ0) is 12.1. The predicted octanol–water partition coefficient (Wildman–Crippen LogP) is 3.35. The van der Waals surface area contributed by atoms with Crippen molar-refractivity contribution in [2.45, 2.75) is 11.4 Å². The molecular formula is C12H11N3S2. The molecule has 0 fully saturated rings. The molecule has 2 aromatic rings. The van der Waals surface area contributed by atoms with Crippen LogP contribution in [0.15, 0.2) is 34.0 Å². The summed E-state index contributed by atoms with van der Waals surface area (Å²) in [4.78, 5) is 5.19. The maximum atomic E-state index is 9.17. The fourth-order valence-corrected chi connectivity index (χ4v) is 2.61. The number of benzene rings is 1. The van der Waals surface area contributed by atoms with Gasteiger partial charge in [-0.15, -0.1) is 23.1 Å². The van der Waals surface area contributed by atoms with E-state index in [9.17, 15) is 5.26 Å². The fraction of sp³-hybridized carbons (Fsp3) is 0.167. The largest absolute Gasteiger partial charge is 0.378 e. The van der Waals surface area contributed by atoms with Crippen LogP contribution in [0.4, 0.5) is 5.69 Å². The van der Waals surface area contributed by atoms with Crippen molar-refractivity contribution in [3.8, 4) is 6.07 Å². The van der Waals surface area contributed by atoms with Crippen LogP contribution in [0.25, 0.3) is 0 Å². The lowest BCUT2D eigenvalue weighted by atomic mass is 10.2. The van der Waals surface area contributed by atoms with Gasteiger partial charge in [0.15, 0.2) is 0 Å². The molecule has 0 bridgehead atoms. The van der Waals surface area contributed by atoms with E-state index >= 15 is 0 Å². The minimum absolute atomic E-state index is 0.649. The van der Waals surface area contributed by atoms with Crippen LogP contribution in [0.2, 0.25) is 0 Å². The summed E-state index contributed by atoms with van der Waals surface area (Å²) in [5.74, 6) is 0. The van der Waals surface area contributed by atoms with Gasteiger partial charge >= 0.3 is 0 Å². The SMILES string of the molecule is CSc1cccc(NCc2cscn2)c1C#N. The van der Waals surface area contributed by atoms with Crippen LogP contribution in [0, 0.1) is 11.3 Å². The highest BCUT2D eigenvalue weighted by atomic mass is 32.2. The first-order valence-corrected chi connectivity index (χ1v) is 7.20. The Morgan fingerprint density at radius 3 is 3.06 bits per heavy atom. The zero-order valence-electron chi connectivity index (χ0n) is 9.30. The molecule has 1 aromatic heterocycles. The molecule has 0 atom stereocenters. The number of hydrogen-bond donors (Lipinski definition) is 1. The first kappa shape index (κ1) is 12.0. The number of anilines is 1. The molecule has 1 N–H and O–H groups in total. The highest BCUT2D eigenvalue weighted by Gasteiger charge is 2.06. The number of thiazole rings is 1. The van der Waals surface area contributed by atoms with Gasteiger partial charge in [0, 0.05) is 10.3 Å². The van der Waals surface area contributed by atoms with Crippen LogP contribution in [0.5, 0.6) is 0 Å². The zero-order valence-corrected chi connectivity index (χ0v) is 10.9. The van der Waals surface area contributed by atoms with Crippen LogP contribution in [-0.4, -0.2) is 11.2 Å². The number of thioether (sulfide) groups is 1. The average molecular weight is 261 g/mol. The third-order valence-corrected chi connectivity index (χ3v) is 3.72. The van der Waals surface area contributed by atoms with Crippen LogP contribution in [0.1, 0.15) is 11.3 Å². The minimum atomic E-state index is 0.649. The smallest absolute Gasteiger partial charge is 0.102 e. The Labute approximate surface area is 109 Å². The van der Waals surface area contributed by atoms with Crippen molar-refractivity contribution in [3.63, 3.8) is 0 Å². The standard InChI is InChI=1S/C12H11N3S2/c1-16-12-4-2-3-11(10(12)5-13)14-6-9-7-17-8-15-9/h2-4,7-8,14H,6H2,1H3. The van der Waals surface area contributed by atoms with Crippen LogP contribution >= 0.6 is 23.1 Å². The Morgan fingerprint density at radius 2 is 2.41 bits per heavy atom. The molecular weight excluding hydrogens is 250 g/mol. The molecule has 0 unspecified atom stereocenters. The van der Waals surface area contributed by atoms with Gasteiger partial charge in [0.2, 0.25) is 0 Å². The molecule has 1 aromatic carbocycles. The van der Waals surface area contributed by atoms with E-state index in [4.69, 9.17) is 0 Å². The highest BCUT2D eigenvalue weighted by Crippen LogP contribution is 2.26. The van der Waals surface area contributed by atoms with Crippen molar-refractivity contribution >= 4 is 28.8 Å². The number of nitriles is 1. The topological polar surface area (TPSA) is 48.7 Å². The molecule has 0 aliphatic carbocycles. The molecule has 0 radical (unpaired) electrons. The van der Waals surface area contributed by atoms with E-state index in [0.29, 0.717) is 12.1 Å². The van der Waals surface area contributed by atoms with Crippen LogP contribution in [-0.2, 0) is 6.54 Å². The lowest BCUT2D eigenvalue weighted by Crippen LogP contribution is -2.02. The second-order valence-electron chi connectivity index (χ2n) is 3.33. The van der Waals surface area contributed by atoms with Gasteiger partial charge in [-0.25, -0.2) is 4.98 Å². The molecule has 0 amide bonds. The summed E-state index contributed by atoms with van der Waals surface area (Å²) < 4.78 is 0. The number of rotatable bonds is 4. The lowest BCUT2D eigenvalue weighted by molar-refractivity contribution is 1.07. The molecule has 0 spiro atoms. The van der Waals surface area contributed by atoms with Crippen LogP contribution in [0.3, 0.4) is 0 Å². The molecule has 0 aliphatic heterocycles. The predicted molar refractivity (Wildman–Crippen MR) is 72.4 cm³/mol. The fourth-order valence-electron chi connectivity index (χ4n) is 1.47. The van der Waals surface area contributed by atoms with Gasteiger partial charge in [0.05, 0.1) is 29.0 Å². The highest BCUT2D eigenvalue weighted by molar-refractivity contribution is 7.98. The average Bonchev–Trinajstić information content (AvgIpc) is 2.88. The molecule has 17 heavy (non-hydrogen) atoms. The van der Waals surface area contributed by atoms with E-state index in [2.05, 4.69) is 16.4 Å². The molecule has 0 aliphatic rings. The summed E-state index contributed by atoms with van der Waals surface area (Å²) in [5, 5.41) is 14.4. The van der Waals surface area contributed by atoms with Gasteiger partial charge in [0.1, 0.15) is 6.07 Å². The monoisotopic (exact) mass is 261 g/mol. The van der Waals surface area contributed by atoms with Gasteiger partial charge in [-0.3, -0.25) is 0 Å². The lowest BCUT2D eigenvalue weighted by Gasteiger charge is -2.09. The first-order chi connectivity index (χ1) is 8.35. The van der Waals surface area contributed by atoms with Gasteiger partial charge in [0.25, 0.3) is 0 Å². The van der Waals surface area contributed by atoms with Crippen molar-refractivity contribution in [1.29, 1.82) is 5.26 Å². The molecule has 2 rings (SSSR count). The van der Waals surface area contributed by atoms with E-state index in [1.807, 2.05) is 29.8 Å². The second-order valence-corrected chi connectivity index (χ2v) is 4.89. The van der Waals surface area contributed by atoms with E-state index in [1.165, 1.54) is 0 Å². The summed E-state index contributed by atoms with van der Waals surface area (Å²) in [7, 11) is 0. The van der Waals surface area contributed by atoms with Crippen molar-refractivity contribution in [2.75, 3.05) is 11.6 Å². The second kappa shape index (κ2) is 5.71. The van der Waals surface area contributed by atoms with Crippen molar-refractivity contribution in [1.82, 2.24) is 4.98 Å². The third kappa shape index (κ3) is 2.78. The van der Waals surface area contributed by atoms with E-state index in [-0.39, 0.29) is 0 Å². The van der Waals surface area contributed by atoms with Crippen molar-refractivity contribution < 1.29 is 0 Å².